The predicted molar refractivity (Wildman–Crippen MR) is 70.8 cm³/mol. The molecule has 2 atom stereocenters. The Hall–Kier alpha value is -1.65. The molecular formula is C15H11ClF2O2. The fourth-order valence-electron chi connectivity index (χ4n) is 2.38. The van der Waals surface area contributed by atoms with E-state index in [1.807, 2.05) is 0 Å². The lowest BCUT2D eigenvalue weighted by Gasteiger charge is -2.30. The highest BCUT2D eigenvalue weighted by Crippen LogP contribution is 2.41. The van der Waals surface area contributed by atoms with Crippen LogP contribution in [-0.2, 0) is 0 Å². The number of hydrogen-bond donors (Lipinski definition) is 1. The van der Waals surface area contributed by atoms with E-state index in [4.69, 9.17) is 16.3 Å². The zero-order valence-corrected chi connectivity index (χ0v) is 11.1. The zero-order chi connectivity index (χ0) is 14.3. The molecule has 0 saturated heterocycles. The smallest absolute Gasteiger partial charge is 0.127 e. The Balaban J connectivity index is 1.96. The van der Waals surface area contributed by atoms with Crippen molar-refractivity contribution < 1.29 is 18.6 Å². The van der Waals surface area contributed by atoms with Gasteiger partial charge in [0.1, 0.15) is 23.5 Å². The van der Waals surface area contributed by atoms with Gasteiger partial charge in [-0.2, -0.15) is 0 Å². The number of aliphatic hydroxyl groups is 1. The summed E-state index contributed by atoms with van der Waals surface area (Å²) in [6.07, 6.45) is -1.16. The van der Waals surface area contributed by atoms with E-state index >= 15 is 0 Å². The van der Waals surface area contributed by atoms with E-state index < -0.39 is 23.8 Å². The third-order valence-electron chi connectivity index (χ3n) is 3.29. The van der Waals surface area contributed by atoms with E-state index in [1.54, 1.807) is 18.2 Å². The van der Waals surface area contributed by atoms with Gasteiger partial charge in [0, 0.05) is 23.1 Å². The summed E-state index contributed by atoms with van der Waals surface area (Å²) in [5.41, 5.74) is 0.952. The van der Waals surface area contributed by atoms with Gasteiger partial charge >= 0.3 is 0 Å². The standard InChI is InChI=1S/C15H11ClF2O2/c16-9-1-2-14-12(5-9)13(19)7-15(20-14)8-3-10(17)6-11(18)4-8/h1-6,13,15,19H,7H2/t13-,15?/m0/s1. The Labute approximate surface area is 119 Å². The van der Waals surface area contributed by atoms with Crippen molar-refractivity contribution in [2.75, 3.05) is 0 Å². The predicted octanol–water partition coefficient (Wildman–Crippen LogP) is 4.18. The Bertz CT molecular complexity index is 640. The van der Waals surface area contributed by atoms with Crippen molar-refractivity contribution in [3.63, 3.8) is 0 Å². The van der Waals surface area contributed by atoms with Crippen LogP contribution in [0, 0.1) is 11.6 Å². The summed E-state index contributed by atoms with van der Waals surface area (Å²) in [5.74, 6) is -0.859. The maximum absolute atomic E-state index is 13.3. The summed E-state index contributed by atoms with van der Waals surface area (Å²) in [6, 6.07) is 8.13. The second-order valence-electron chi connectivity index (χ2n) is 4.74. The van der Waals surface area contributed by atoms with Gasteiger partial charge in [-0.1, -0.05) is 11.6 Å². The van der Waals surface area contributed by atoms with Crippen molar-refractivity contribution in [1.29, 1.82) is 0 Å². The van der Waals surface area contributed by atoms with Crippen LogP contribution in [0.1, 0.15) is 29.8 Å². The maximum Gasteiger partial charge on any atom is 0.127 e. The molecule has 0 aliphatic carbocycles. The molecule has 0 spiro atoms. The summed E-state index contributed by atoms with van der Waals surface area (Å²) in [4.78, 5) is 0. The topological polar surface area (TPSA) is 29.5 Å². The molecule has 1 aliphatic heterocycles. The number of aliphatic hydroxyl groups excluding tert-OH is 1. The number of fused-ring (bicyclic) bond motifs is 1. The van der Waals surface area contributed by atoms with Crippen LogP contribution >= 0.6 is 11.6 Å². The second kappa shape index (κ2) is 5.04. The van der Waals surface area contributed by atoms with Crippen molar-refractivity contribution in [1.82, 2.24) is 0 Å². The third-order valence-corrected chi connectivity index (χ3v) is 3.53. The summed E-state index contributed by atoms with van der Waals surface area (Å²) in [6.45, 7) is 0. The molecule has 3 rings (SSSR count). The van der Waals surface area contributed by atoms with Crippen molar-refractivity contribution in [2.45, 2.75) is 18.6 Å². The lowest BCUT2D eigenvalue weighted by atomic mass is 9.95. The Kier molecular flexibility index (Phi) is 3.36. The lowest BCUT2D eigenvalue weighted by Crippen LogP contribution is -2.19. The highest BCUT2D eigenvalue weighted by molar-refractivity contribution is 6.30. The Morgan fingerprint density at radius 2 is 1.80 bits per heavy atom. The molecule has 0 aromatic heterocycles. The molecule has 1 unspecified atom stereocenters. The van der Waals surface area contributed by atoms with Crippen molar-refractivity contribution in [2.24, 2.45) is 0 Å². The first-order chi connectivity index (χ1) is 9.52. The van der Waals surface area contributed by atoms with Crippen LogP contribution in [0.4, 0.5) is 8.78 Å². The molecule has 2 aromatic carbocycles. The minimum absolute atomic E-state index is 0.218. The molecule has 20 heavy (non-hydrogen) atoms. The SMILES string of the molecule is O[C@H]1CC(c2cc(F)cc(F)c2)Oc2ccc(Cl)cc21. The number of benzene rings is 2. The van der Waals surface area contributed by atoms with Crippen LogP contribution in [-0.4, -0.2) is 5.11 Å². The summed E-state index contributed by atoms with van der Waals surface area (Å²) in [7, 11) is 0. The molecule has 2 nitrogen and oxygen atoms in total. The van der Waals surface area contributed by atoms with E-state index in [0.29, 0.717) is 21.9 Å². The number of halogens is 3. The van der Waals surface area contributed by atoms with Crippen LogP contribution in [0.25, 0.3) is 0 Å². The average Bonchev–Trinajstić information content (AvgIpc) is 2.38. The first-order valence-electron chi connectivity index (χ1n) is 6.13. The van der Waals surface area contributed by atoms with E-state index in [1.165, 1.54) is 12.1 Å². The van der Waals surface area contributed by atoms with Gasteiger partial charge < -0.3 is 9.84 Å². The minimum Gasteiger partial charge on any atom is -0.485 e. The monoisotopic (exact) mass is 296 g/mol. The first kappa shape index (κ1) is 13.3. The van der Waals surface area contributed by atoms with Gasteiger partial charge in [-0.05, 0) is 35.9 Å². The molecule has 1 N–H and O–H groups in total. The van der Waals surface area contributed by atoms with E-state index in [9.17, 15) is 13.9 Å². The quantitative estimate of drug-likeness (QED) is 0.855. The Morgan fingerprint density at radius 3 is 2.50 bits per heavy atom. The molecular weight excluding hydrogens is 286 g/mol. The molecule has 0 saturated carbocycles. The van der Waals surface area contributed by atoms with Gasteiger partial charge in [0.2, 0.25) is 0 Å². The average molecular weight is 297 g/mol. The van der Waals surface area contributed by atoms with E-state index in [-0.39, 0.29) is 6.42 Å². The molecule has 2 aromatic rings. The van der Waals surface area contributed by atoms with Crippen LogP contribution in [0.3, 0.4) is 0 Å². The van der Waals surface area contributed by atoms with E-state index in [2.05, 4.69) is 0 Å². The Morgan fingerprint density at radius 1 is 1.10 bits per heavy atom. The van der Waals surface area contributed by atoms with Crippen LogP contribution in [0.15, 0.2) is 36.4 Å². The summed E-state index contributed by atoms with van der Waals surface area (Å²) >= 11 is 5.87. The molecule has 104 valence electrons. The number of rotatable bonds is 1. The number of ether oxygens (including phenoxy) is 1. The van der Waals surface area contributed by atoms with Gasteiger partial charge in [-0.25, -0.2) is 8.78 Å². The van der Waals surface area contributed by atoms with Gasteiger partial charge in [0.15, 0.2) is 0 Å². The van der Waals surface area contributed by atoms with Crippen molar-refractivity contribution >= 4 is 11.6 Å². The van der Waals surface area contributed by atoms with Crippen LogP contribution in [0.5, 0.6) is 5.75 Å². The molecule has 5 heteroatoms. The molecule has 1 aliphatic rings. The van der Waals surface area contributed by atoms with Crippen LogP contribution in [0.2, 0.25) is 5.02 Å². The second-order valence-corrected chi connectivity index (χ2v) is 5.18. The zero-order valence-electron chi connectivity index (χ0n) is 10.3. The molecule has 0 radical (unpaired) electrons. The van der Waals surface area contributed by atoms with Gasteiger partial charge in [-0.3, -0.25) is 0 Å². The normalized spacial score (nSPS) is 21.2. The number of hydrogen-bond acceptors (Lipinski definition) is 2. The first-order valence-corrected chi connectivity index (χ1v) is 6.51. The third kappa shape index (κ3) is 2.49. The largest absolute Gasteiger partial charge is 0.485 e. The van der Waals surface area contributed by atoms with Gasteiger partial charge in [0.05, 0.1) is 6.10 Å². The molecule has 0 fully saturated rings. The highest BCUT2D eigenvalue weighted by atomic mass is 35.5. The van der Waals surface area contributed by atoms with Gasteiger partial charge in [-0.15, -0.1) is 0 Å². The highest BCUT2D eigenvalue weighted by Gasteiger charge is 2.28. The van der Waals surface area contributed by atoms with Crippen molar-refractivity contribution in [3.05, 3.63) is 64.2 Å². The van der Waals surface area contributed by atoms with Crippen molar-refractivity contribution in [3.8, 4) is 5.75 Å². The minimum atomic E-state index is -0.784. The molecule has 1 heterocycles. The van der Waals surface area contributed by atoms with Crippen LogP contribution < -0.4 is 4.74 Å². The lowest BCUT2D eigenvalue weighted by molar-refractivity contribution is 0.0654. The fraction of sp³-hybridized carbons (Fsp3) is 0.200. The van der Waals surface area contributed by atoms with E-state index in [0.717, 1.165) is 6.07 Å². The van der Waals surface area contributed by atoms with Gasteiger partial charge in [0.25, 0.3) is 0 Å². The molecule has 0 bridgehead atoms. The maximum atomic E-state index is 13.3. The fourth-order valence-corrected chi connectivity index (χ4v) is 2.56. The summed E-state index contributed by atoms with van der Waals surface area (Å²) < 4.78 is 32.2. The summed E-state index contributed by atoms with van der Waals surface area (Å²) in [5, 5.41) is 10.6. The molecule has 0 amide bonds.